The first-order valence-corrected chi connectivity index (χ1v) is 5.68. The van der Waals surface area contributed by atoms with E-state index >= 15 is 0 Å². The maximum Gasteiger partial charge on any atom is 0.271 e. The second-order valence-electron chi connectivity index (χ2n) is 4.04. The summed E-state index contributed by atoms with van der Waals surface area (Å²) in [5, 5.41) is 17.8. The van der Waals surface area contributed by atoms with E-state index in [4.69, 9.17) is 5.73 Å². The minimum atomic E-state index is -0.474. The number of anilines is 2. The number of non-ortho nitro benzene ring substituents is 1. The maximum atomic E-state index is 10.6. The van der Waals surface area contributed by atoms with E-state index < -0.39 is 4.92 Å². The lowest BCUT2D eigenvalue weighted by Crippen LogP contribution is -2.08. The van der Waals surface area contributed by atoms with Crippen LogP contribution in [-0.2, 0) is 13.5 Å². The lowest BCUT2D eigenvalue weighted by atomic mass is 10.2. The molecule has 0 amide bonds. The Kier molecular flexibility index (Phi) is 3.60. The monoisotopic (exact) mass is 262 g/mol. The first-order valence-electron chi connectivity index (χ1n) is 5.68. The summed E-state index contributed by atoms with van der Waals surface area (Å²) in [5.41, 5.74) is 6.74. The van der Waals surface area contributed by atoms with Gasteiger partial charge in [-0.2, -0.15) is 5.10 Å². The smallest absolute Gasteiger partial charge is 0.271 e. The highest BCUT2D eigenvalue weighted by Crippen LogP contribution is 2.23. The Labute approximate surface area is 109 Å². The summed E-state index contributed by atoms with van der Waals surface area (Å²) in [6.45, 7) is 0.603. The Hall–Kier alpha value is -2.64. The molecule has 0 saturated heterocycles. The Bertz CT molecular complexity index is 595. The number of nitrogen functional groups attached to an aromatic ring is 1. The zero-order valence-corrected chi connectivity index (χ0v) is 10.4. The number of nitrogens with two attached hydrogens (primary N) is 1. The minimum Gasteiger partial charge on any atom is -0.397 e. The molecule has 0 aliphatic heterocycles. The standard InChI is InChI=1S/C11H14N6O2/c1-16-7-14-11(15-16)4-5-13-10-3-2-8(17(18)19)6-9(10)12/h2-3,6-7,13H,4-5,12H2,1H3. The van der Waals surface area contributed by atoms with E-state index in [1.54, 1.807) is 24.1 Å². The molecule has 0 unspecified atom stereocenters. The number of hydrogen-bond donors (Lipinski definition) is 2. The molecule has 1 aromatic carbocycles. The van der Waals surface area contributed by atoms with Gasteiger partial charge in [0.15, 0.2) is 5.82 Å². The molecule has 8 nitrogen and oxygen atoms in total. The molecular weight excluding hydrogens is 248 g/mol. The van der Waals surface area contributed by atoms with Crippen LogP contribution in [0.25, 0.3) is 0 Å². The number of nitro benzene ring substituents is 1. The molecule has 0 radical (unpaired) electrons. The van der Waals surface area contributed by atoms with Crippen LogP contribution in [0.4, 0.5) is 17.1 Å². The molecular formula is C11H14N6O2. The van der Waals surface area contributed by atoms with E-state index in [-0.39, 0.29) is 5.69 Å². The molecule has 0 aliphatic rings. The highest BCUT2D eigenvalue weighted by molar-refractivity contribution is 5.69. The van der Waals surface area contributed by atoms with Crippen molar-refractivity contribution < 1.29 is 4.92 Å². The number of hydrogen-bond acceptors (Lipinski definition) is 6. The van der Waals surface area contributed by atoms with Gasteiger partial charge in [-0.1, -0.05) is 0 Å². The first kappa shape index (κ1) is 12.8. The van der Waals surface area contributed by atoms with Crippen LogP contribution < -0.4 is 11.1 Å². The van der Waals surface area contributed by atoms with Crippen molar-refractivity contribution in [2.45, 2.75) is 6.42 Å². The van der Waals surface area contributed by atoms with Gasteiger partial charge in [0.05, 0.1) is 16.3 Å². The average molecular weight is 262 g/mol. The van der Waals surface area contributed by atoms with Gasteiger partial charge < -0.3 is 11.1 Å². The van der Waals surface area contributed by atoms with Crippen LogP contribution in [0.2, 0.25) is 0 Å². The van der Waals surface area contributed by atoms with Gasteiger partial charge in [-0.3, -0.25) is 14.8 Å². The van der Waals surface area contributed by atoms with Gasteiger partial charge in [0.25, 0.3) is 5.69 Å². The van der Waals surface area contributed by atoms with Crippen molar-refractivity contribution in [3.8, 4) is 0 Å². The van der Waals surface area contributed by atoms with Crippen molar-refractivity contribution in [2.75, 3.05) is 17.6 Å². The predicted octanol–water partition coefficient (Wildman–Crippen LogP) is 0.960. The van der Waals surface area contributed by atoms with Gasteiger partial charge in [-0.05, 0) is 6.07 Å². The van der Waals surface area contributed by atoms with Gasteiger partial charge in [-0.15, -0.1) is 0 Å². The summed E-state index contributed by atoms with van der Waals surface area (Å²) >= 11 is 0. The van der Waals surface area contributed by atoms with Crippen molar-refractivity contribution in [3.63, 3.8) is 0 Å². The second kappa shape index (κ2) is 5.34. The van der Waals surface area contributed by atoms with E-state index in [0.29, 0.717) is 24.3 Å². The van der Waals surface area contributed by atoms with Gasteiger partial charge in [0.2, 0.25) is 0 Å². The summed E-state index contributed by atoms with van der Waals surface area (Å²) in [6.07, 6.45) is 2.28. The Morgan fingerprint density at radius 3 is 2.89 bits per heavy atom. The van der Waals surface area contributed by atoms with E-state index in [2.05, 4.69) is 15.4 Å². The topological polar surface area (TPSA) is 112 Å². The van der Waals surface area contributed by atoms with E-state index in [1.807, 2.05) is 0 Å². The minimum absolute atomic E-state index is 0.0190. The fraction of sp³-hybridized carbons (Fsp3) is 0.273. The Morgan fingerprint density at radius 2 is 2.32 bits per heavy atom. The van der Waals surface area contributed by atoms with Crippen molar-refractivity contribution in [1.82, 2.24) is 14.8 Å². The normalized spacial score (nSPS) is 10.4. The number of aryl methyl sites for hydroxylation is 1. The number of nitrogens with zero attached hydrogens (tertiary/aromatic N) is 4. The third kappa shape index (κ3) is 3.18. The molecule has 0 spiro atoms. The molecule has 3 N–H and O–H groups in total. The predicted molar refractivity (Wildman–Crippen MR) is 70.7 cm³/mol. The summed E-state index contributed by atoms with van der Waals surface area (Å²) in [4.78, 5) is 14.2. The third-order valence-corrected chi connectivity index (χ3v) is 2.56. The van der Waals surface area contributed by atoms with Crippen molar-refractivity contribution in [1.29, 1.82) is 0 Å². The van der Waals surface area contributed by atoms with Crippen LogP contribution >= 0.6 is 0 Å². The number of rotatable bonds is 5. The number of aromatic nitrogens is 3. The van der Waals surface area contributed by atoms with Crippen LogP contribution in [0.1, 0.15) is 5.82 Å². The van der Waals surface area contributed by atoms with Gasteiger partial charge >= 0.3 is 0 Å². The van der Waals surface area contributed by atoms with Crippen molar-refractivity contribution >= 4 is 17.1 Å². The fourth-order valence-electron chi connectivity index (χ4n) is 1.63. The molecule has 0 aliphatic carbocycles. The Balaban J connectivity index is 1.94. The summed E-state index contributed by atoms with van der Waals surface area (Å²) in [6, 6.07) is 4.35. The molecule has 19 heavy (non-hydrogen) atoms. The summed E-state index contributed by atoms with van der Waals surface area (Å²) < 4.78 is 1.63. The van der Waals surface area contributed by atoms with Gasteiger partial charge in [0, 0.05) is 32.1 Å². The highest BCUT2D eigenvalue weighted by atomic mass is 16.6. The summed E-state index contributed by atoms with van der Waals surface area (Å²) in [7, 11) is 1.80. The lowest BCUT2D eigenvalue weighted by molar-refractivity contribution is -0.384. The summed E-state index contributed by atoms with van der Waals surface area (Å²) in [5.74, 6) is 0.732. The van der Waals surface area contributed by atoms with Gasteiger partial charge in [0.1, 0.15) is 6.33 Å². The van der Waals surface area contributed by atoms with Crippen LogP contribution in [-0.4, -0.2) is 26.2 Å². The van der Waals surface area contributed by atoms with Crippen LogP contribution in [0.3, 0.4) is 0 Å². The van der Waals surface area contributed by atoms with E-state index in [0.717, 1.165) is 5.82 Å². The van der Waals surface area contributed by atoms with Gasteiger partial charge in [-0.25, -0.2) is 4.98 Å². The molecule has 0 saturated carbocycles. The zero-order valence-electron chi connectivity index (χ0n) is 10.4. The molecule has 1 aromatic heterocycles. The van der Waals surface area contributed by atoms with E-state index in [9.17, 15) is 10.1 Å². The van der Waals surface area contributed by atoms with Crippen LogP contribution in [0, 0.1) is 10.1 Å². The molecule has 8 heteroatoms. The number of nitrogens with one attached hydrogen (secondary N) is 1. The van der Waals surface area contributed by atoms with E-state index in [1.165, 1.54) is 12.1 Å². The maximum absolute atomic E-state index is 10.6. The molecule has 2 rings (SSSR count). The SMILES string of the molecule is Cn1cnc(CCNc2ccc([N+](=O)[O-])cc2N)n1. The Morgan fingerprint density at radius 1 is 1.53 bits per heavy atom. The molecule has 0 atom stereocenters. The van der Waals surface area contributed by atoms with Crippen molar-refractivity contribution in [3.05, 3.63) is 40.5 Å². The number of benzene rings is 1. The molecule has 2 aromatic rings. The fourth-order valence-corrected chi connectivity index (χ4v) is 1.63. The third-order valence-electron chi connectivity index (χ3n) is 2.56. The molecule has 0 fully saturated rings. The zero-order chi connectivity index (χ0) is 13.8. The second-order valence-corrected chi connectivity index (χ2v) is 4.04. The van der Waals surface area contributed by atoms with Crippen molar-refractivity contribution in [2.24, 2.45) is 7.05 Å². The largest absolute Gasteiger partial charge is 0.397 e. The lowest BCUT2D eigenvalue weighted by Gasteiger charge is -2.07. The quantitative estimate of drug-likeness (QED) is 0.471. The molecule has 100 valence electrons. The molecule has 0 bridgehead atoms. The van der Waals surface area contributed by atoms with Crippen LogP contribution in [0.5, 0.6) is 0 Å². The van der Waals surface area contributed by atoms with Crippen LogP contribution in [0.15, 0.2) is 24.5 Å². The highest BCUT2D eigenvalue weighted by Gasteiger charge is 2.08. The average Bonchev–Trinajstić information content (AvgIpc) is 2.77. The number of nitro groups is 1. The molecule has 1 heterocycles. The first-order chi connectivity index (χ1) is 9.06.